The molecule has 0 bridgehead atoms. The predicted octanol–water partition coefficient (Wildman–Crippen LogP) is 3.53. The van der Waals surface area contributed by atoms with E-state index in [-0.39, 0.29) is 6.04 Å². The van der Waals surface area contributed by atoms with E-state index < -0.39 is 11.7 Å². The van der Waals surface area contributed by atoms with Gasteiger partial charge >= 0.3 is 6.09 Å². The number of hydrogen-bond donors (Lipinski definition) is 3. The van der Waals surface area contributed by atoms with Crippen LogP contribution >= 0.6 is 11.3 Å². The Kier molecular flexibility index (Phi) is 8.75. The number of unbranched alkanes of at least 4 members (excludes halogenated alkanes) is 1. The molecule has 2 heterocycles. The molecule has 1 amide bonds. The molecule has 0 saturated carbocycles. The molecule has 2 aromatic rings. The van der Waals surface area contributed by atoms with Gasteiger partial charge in [-0.05, 0) is 34.1 Å². The molecule has 0 spiro atoms. The van der Waals surface area contributed by atoms with Crippen LogP contribution in [0.4, 0.5) is 4.79 Å². The first kappa shape index (κ1) is 23.0. The van der Waals surface area contributed by atoms with Crippen molar-refractivity contribution in [3.63, 3.8) is 0 Å². The zero-order valence-corrected chi connectivity index (χ0v) is 18.9. The molecule has 29 heavy (non-hydrogen) atoms. The number of ether oxygens (including phenoxy) is 1. The highest BCUT2D eigenvalue weighted by molar-refractivity contribution is 7.15. The normalized spacial score (nSPS) is 13.3. The van der Waals surface area contributed by atoms with Crippen LogP contribution in [-0.4, -0.2) is 46.2 Å². The predicted molar refractivity (Wildman–Crippen MR) is 119 cm³/mol. The Labute approximate surface area is 177 Å². The lowest BCUT2D eigenvalue weighted by Gasteiger charge is -2.24. The van der Waals surface area contributed by atoms with Crippen LogP contribution < -0.4 is 16.0 Å². The Morgan fingerprint density at radius 1 is 1.34 bits per heavy atom. The monoisotopic (exact) mass is 422 g/mol. The second-order valence-corrected chi connectivity index (χ2v) is 8.76. The van der Waals surface area contributed by atoms with Gasteiger partial charge in [0.25, 0.3) is 0 Å². The van der Waals surface area contributed by atoms with Gasteiger partial charge in [-0.2, -0.15) is 0 Å². The lowest BCUT2D eigenvalue weighted by molar-refractivity contribution is 0.0523. The van der Waals surface area contributed by atoms with Gasteiger partial charge in [0.1, 0.15) is 5.60 Å². The summed E-state index contributed by atoms with van der Waals surface area (Å²) in [4.78, 5) is 22.2. The van der Waals surface area contributed by atoms with Gasteiger partial charge in [-0.1, -0.05) is 19.8 Å². The number of aliphatic imine (C=N–C) groups is 1. The van der Waals surface area contributed by atoms with E-state index in [1.807, 2.05) is 49.9 Å². The fourth-order valence-electron chi connectivity index (χ4n) is 2.72. The van der Waals surface area contributed by atoms with Crippen molar-refractivity contribution in [1.29, 1.82) is 0 Å². The van der Waals surface area contributed by atoms with Crippen LogP contribution in [0.15, 0.2) is 22.8 Å². The van der Waals surface area contributed by atoms with Crippen molar-refractivity contribution in [2.45, 2.75) is 72.1 Å². The van der Waals surface area contributed by atoms with Gasteiger partial charge in [0.15, 0.2) is 10.9 Å². The highest BCUT2D eigenvalue weighted by Gasteiger charge is 2.18. The summed E-state index contributed by atoms with van der Waals surface area (Å²) in [5.41, 5.74) is 0.413. The number of nitrogens with one attached hydrogen (secondary N) is 3. The van der Waals surface area contributed by atoms with Gasteiger partial charge in [-0.25, -0.2) is 14.8 Å². The summed E-state index contributed by atoms with van der Waals surface area (Å²) >= 11 is 1.61. The van der Waals surface area contributed by atoms with Gasteiger partial charge < -0.3 is 20.7 Å². The lowest BCUT2D eigenvalue weighted by Crippen LogP contribution is -2.49. The Hall–Kier alpha value is -2.29. The van der Waals surface area contributed by atoms with E-state index in [2.05, 4.69) is 32.9 Å². The molecular weight excluding hydrogens is 388 g/mol. The Morgan fingerprint density at radius 3 is 2.79 bits per heavy atom. The Bertz CT molecular complexity index is 764. The highest BCUT2D eigenvalue weighted by atomic mass is 32.1. The summed E-state index contributed by atoms with van der Waals surface area (Å²) in [6, 6.07) is 0.0609. The third kappa shape index (κ3) is 8.31. The van der Waals surface area contributed by atoms with Gasteiger partial charge in [0.2, 0.25) is 0 Å². The van der Waals surface area contributed by atoms with Gasteiger partial charge in [0, 0.05) is 36.9 Å². The number of hydrogen-bond acceptors (Lipinski definition) is 5. The van der Waals surface area contributed by atoms with Crippen molar-refractivity contribution < 1.29 is 9.53 Å². The molecule has 0 aliphatic carbocycles. The zero-order valence-electron chi connectivity index (χ0n) is 18.1. The molecule has 0 fully saturated rings. The summed E-state index contributed by atoms with van der Waals surface area (Å²) < 4.78 is 7.34. The van der Waals surface area contributed by atoms with Crippen molar-refractivity contribution >= 4 is 28.4 Å². The third-order valence-corrected chi connectivity index (χ3v) is 4.80. The number of carbonyl (C=O) groups is 1. The summed E-state index contributed by atoms with van der Waals surface area (Å²) in [5, 5.41) is 11.6. The average molecular weight is 423 g/mol. The molecule has 3 N–H and O–H groups in total. The SMILES string of the molecule is CCCCC(CNC(=O)OC(C)(C)C)NC(=NCc1cn2ccsc2n1)NCC. The molecule has 1 unspecified atom stereocenters. The largest absolute Gasteiger partial charge is 0.444 e. The van der Waals surface area contributed by atoms with E-state index >= 15 is 0 Å². The number of nitrogens with zero attached hydrogens (tertiary/aromatic N) is 3. The molecule has 0 saturated heterocycles. The molecule has 2 aromatic heterocycles. The van der Waals surface area contributed by atoms with Gasteiger partial charge in [0.05, 0.1) is 12.2 Å². The van der Waals surface area contributed by atoms with E-state index in [9.17, 15) is 4.79 Å². The number of amides is 1. The van der Waals surface area contributed by atoms with Gasteiger partial charge in [-0.3, -0.25) is 4.40 Å². The molecule has 0 aromatic carbocycles. The van der Waals surface area contributed by atoms with Crippen LogP contribution in [0.25, 0.3) is 4.96 Å². The second kappa shape index (κ2) is 11.0. The van der Waals surface area contributed by atoms with Crippen LogP contribution in [0.1, 0.15) is 59.6 Å². The lowest BCUT2D eigenvalue weighted by atomic mass is 10.1. The number of carbonyl (C=O) groups excluding carboxylic acids is 1. The fourth-order valence-corrected chi connectivity index (χ4v) is 3.44. The number of guanidine groups is 1. The van der Waals surface area contributed by atoms with Crippen LogP contribution in [0.2, 0.25) is 0 Å². The van der Waals surface area contributed by atoms with Gasteiger partial charge in [-0.15, -0.1) is 11.3 Å². The number of fused-ring (bicyclic) bond motifs is 1. The molecule has 162 valence electrons. The minimum Gasteiger partial charge on any atom is -0.444 e. The molecule has 0 radical (unpaired) electrons. The van der Waals surface area contributed by atoms with E-state index in [4.69, 9.17) is 4.74 Å². The number of imidazole rings is 1. The topological polar surface area (TPSA) is 92.0 Å². The van der Waals surface area contributed by atoms with Crippen molar-refractivity contribution in [1.82, 2.24) is 25.3 Å². The van der Waals surface area contributed by atoms with Crippen LogP contribution in [0.5, 0.6) is 0 Å². The fraction of sp³-hybridized carbons (Fsp3) is 0.650. The first-order chi connectivity index (χ1) is 13.8. The van der Waals surface area contributed by atoms with E-state index in [0.717, 1.165) is 42.4 Å². The molecule has 9 heteroatoms. The minimum absolute atomic E-state index is 0.0609. The second-order valence-electron chi connectivity index (χ2n) is 7.89. The van der Waals surface area contributed by atoms with Crippen LogP contribution in [-0.2, 0) is 11.3 Å². The number of aromatic nitrogens is 2. The quantitative estimate of drug-likeness (QED) is 0.425. The number of alkyl carbamates (subject to hydrolysis) is 1. The van der Waals surface area contributed by atoms with Crippen molar-refractivity contribution in [2.24, 2.45) is 4.99 Å². The molecular formula is C20H34N6O2S. The van der Waals surface area contributed by atoms with Crippen molar-refractivity contribution in [3.8, 4) is 0 Å². The van der Waals surface area contributed by atoms with E-state index in [1.165, 1.54) is 0 Å². The Morgan fingerprint density at radius 2 is 2.14 bits per heavy atom. The van der Waals surface area contributed by atoms with Crippen molar-refractivity contribution in [2.75, 3.05) is 13.1 Å². The molecule has 1 atom stereocenters. The molecule has 2 rings (SSSR count). The maximum absolute atomic E-state index is 12.0. The first-order valence-corrected chi connectivity index (χ1v) is 11.1. The Balaban J connectivity index is 1.97. The maximum Gasteiger partial charge on any atom is 0.407 e. The highest BCUT2D eigenvalue weighted by Crippen LogP contribution is 2.12. The van der Waals surface area contributed by atoms with Crippen LogP contribution in [0, 0.1) is 0 Å². The summed E-state index contributed by atoms with van der Waals surface area (Å²) in [6.07, 6.45) is 6.66. The maximum atomic E-state index is 12.0. The number of thiazole rings is 1. The van der Waals surface area contributed by atoms with E-state index in [0.29, 0.717) is 13.1 Å². The molecule has 0 aliphatic heterocycles. The summed E-state index contributed by atoms with van der Waals surface area (Å²) in [7, 11) is 0. The van der Waals surface area contributed by atoms with Crippen LogP contribution in [0.3, 0.4) is 0 Å². The van der Waals surface area contributed by atoms with E-state index in [1.54, 1.807) is 11.3 Å². The zero-order chi connectivity index (χ0) is 21.3. The molecule has 8 nitrogen and oxygen atoms in total. The standard InChI is InChI=1S/C20H34N6O2S/c1-6-8-9-15(12-23-19(27)28-20(3,4)5)24-17(21-7-2)22-13-16-14-26-10-11-29-18(26)25-16/h10-11,14-15H,6-9,12-13H2,1-5H3,(H,23,27)(H2,21,22,24). The van der Waals surface area contributed by atoms with Crippen molar-refractivity contribution in [3.05, 3.63) is 23.5 Å². The smallest absolute Gasteiger partial charge is 0.407 e. The first-order valence-electron chi connectivity index (χ1n) is 10.2. The number of rotatable bonds is 9. The molecule has 0 aliphatic rings. The summed E-state index contributed by atoms with van der Waals surface area (Å²) in [6.45, 7) is 11.5. The third-order valence-electron chi connectivity index (χ3n) is 4.03. The minimum atomic E-state index is -0.509. The average Bonchev–Trinajstić information content (AvgIpc) is 3.22. The summed E-state index contributed by atoms with van der Waals surface area (Å²) in [5.74, 6) is 0.718.